The first-order chi connectivity index (χ1) is 13.8. The Morgan fingerprint density at radius 1 is 1.14 bits per heavy atom. The molecule has 156 valence electrons. The number of benzene rings is 2. The summed E-state index contributed by atoms with van der Waals surface area (Å²) in [5, 5.41) is 20.2. The summed E-state index contributed by atoms with van der Waals surface area (Å²) in [6, 6.07) is 10.9. The number of ether oxygens (including phenoxy) is 2. The number of anilines is 1. The number of amidine groups is 1. The number of nitrogen functional groups attached to an aromatic ring is 1. The predicted molar refractivity (Wildman–Crippen MR) is 114 cm³/mol. The molecular weight excluding hydrogens is 370 g/mol. The van der Waals surface area contributed by atoms with Crippen molar-refractivity contribution in [1.82, 2.24) is 0 Å². The molecule has 0 aliphatic heterocycles. The summed E-state index contributed by atoms with van der Waals surface area (Å²) in [4.78, 5) is 11.9. The van der Waals surface area contributed by atoms with Crippen LogP contribution in [0.1, 0.15) is 44.4 Å². The van der Waals surface area contributed by atoms with Crippen LogP contribution < -0.4 is 20.5 Å². The fourth-order valence-electron chi connectivity index (χ4n) is 2.70. The monoisotopic (exact) mass is 399 g/mol. The van der Waals surface area contributed by atoms with Gasteiger partial charge in [-0.05, 0) is 61.2 Å². The number of nitrogens with two attached hydrogens (primary N) is 1. The highest BCUT2D eigenvalue weighted by Crippen LogP contribution is 2.32. The van der Waals surface area contributed by atoms with E-state index in [1.807, 2.05) is 6.92 Å². The van der Waals surface area contributed by atoms with Crippen LogP contribution in [0.15, 0.2) is 42.5 Å². The van der Waals surface area contributed by atoms with E-state index in [1.54, 1.807) is 42.5 Å². The lowest BCUT2D eigenvalue weighted by molar-refractivity contribution is -0.138. The molecule has 0 amide bonds. The van der Waals surface area contributed by atoms with Crippen molar-refractivity contribution in [2.75, 3.05) is 18.5 Å². The van der Waals surface area contributed by atoms with Gasteiger partial charge in [-0.15, -0.1) is 0 Å². The number of nitrogens with one attached hydrogen (secondary N) is 2. The number of hydrogen-bond donors (Lipinski definition) is 4. The second-order valence-corrected chi connectivity index (χ2v) is 7.08. The van der Waals surface area contributed by atoms with Crippen molar-refractivity contribution in [2.24, 2.45) is 11.7 Å². The number of carbonyl (C=O) groups is 1. The van der Waals surface area contributed by atoms with Crippen molar-refractivity contribution >= 4 is 17.5 Å². The Morgan fingerprint density at radius 3 is 2.38 bits per heavy atom. The van der Waals surface area contributed by atoms with Gasteiger partial charge in [0.25, 0.3) is 0 Å². The van der Waals surface area contributed by atoms with Crippen molar-refractivity contribution in [3.63, 3.8) is 0 Å². The number of carboxylic acid groups (broad SMARTS) is 1. The van der Waals surface area contributed by atoms with Crippen LogP contribution in [0, 0.1) is 11.3 Å². The molecule has 0 aliphatic carbocycles. The minimum atomic E-state index is -1.02. The van der Waals surface area contributed by atoms with Gasteiger partial charge in [0.15, 0.2) is 17.5 Å². The van der Waals surface area contributed by atoms with E-state index in [2.05, 4.69) is 19.2 Å². The fourth-order valence-corrected chi connectivity index (χ4v) is 2.70. The lowest BCUT2D eigenvalue weighted by Gasteiger charge is -2.19. The molecule has 29 heavy (non-hydrogen) atoms. The van der Waals surface area contributed by atoms with Gasteiger partial charge in [-0.2, -0.15) is 0 Å². The fraction of sp³-hybridized carbons (Fsp3) is 0.364. The van der Waals surface area contributed by atoms with Gasteiger partial charge in [-0.3, -0.25) is 5.41 Å². The predicted octanol–water partition coefficient (Wildman–Crippen LogP) is 4.03. The summed E-state index contributed by atoms with van der Waals surface area (Å²) >= 11 is 0. The first kappa shape index (κ1) is 22.1. The van der Waals surface area contributed by atoms with E-state index in [4.69, 9.17) is 20.6 Å². The summed E-state index contributed by atoms with van der Waals surface area (Å²) in [5.74, 6) is 0.594. The summed E-state index contributed by atoms with van der Waals surface area (Å²) < 4.78 is 11.5. The van der Waals surface area contributed by atoms with Crippen molar-refractivity contribution in [3.05, 3.63) is 53.6 Å². The molecule has 0 fully saturated rings. The van der Waals surface area contributed by atoms with E-state index in [1.165, 1.54) is 0 Å². The highest BCUT2D eigenvalue weighted by molar-refractivity contribution is 5.95. The summed E-state index contributed by atoms with van der Waals surface area (Å²) in [7, 11) is 0. The zero-order valence-corrected chi connectivity index (χ0v) is 17.1. The van der Waals surface area contributed by atoms with Crippen LogP contribution >= 0.6 is 0 Å². The number of carboxylic acids is 1. The Balaban J connectivity index is 2.23. The molecule has 0 saturated heterocycles. The first-order valence-electron chi connectivity index (χ1n) is 9.65. The molecule has 2 aromatic rings. The number of hydrogen-bond acceptors (Lipinski definition) is 5. The average molecular weight is 399 g/mol. The SMILES string of the molecule is CCOc1cc(C(Nc2ccc(C(=N)N)cc2)C(=O)O)ccc1OCCC(C)C. The van der Waals surface area contributed by atoms with E-state index in [0.717, 1.165) is 6.42 Å². The highest BCUT2D eigenvalue weighted by atomic mass is 16.5. The minimum Gasteiger partial charge on any atom is -0.490 e. The van der Waals surface area contributed by atoms with E-state index >= 15 is 0 Å². The maximum atomic E-state index is 11.9. The second-order valence-electron chi connectivity index (χ2n) is 7.08. The van der Waals surface area contributed by atoms with Gasteiger partial charge in [0.2, 0.25) is 0 Å². The van der Waals surface area contributed by atoms with E-state index in [0.29, 0.717) is 47.4 Å². The third kappa shape index (κ3) is 6.41. The second kappa shape index (κ2) is 10.4. The van der Waals surface area contributed by atoms with Crippen LogP contribution in [0.2, 0.25) is 0 Å². The Hall–Kier alpha value is -3.22. The minimum absolute atomic E-state index is 0.0410. The first-order valence-corrected chi connectivity index (χ1v) is 9.65. The quantitative estimate of drug-likeness (QED) is 0.335. The summed E-state index contributed by atoms with van der Waals surface area (Å²) in [6.45, 7) is 7.14. The normalized spacial score (nSPS) is 11.7. The van der Waals surface area contributed by atoms with E-state index < -0.39 is 12.0 Å². The Bertz CT molecular complexity index is 834. The molecule has 1 unspecified atom stereocenters. The van der Waals surface area contributed by atoms with Gasteiger partial charge in [0.05, 0.1) is 13.2 Å². The van der Waals surface area contributed by atoms with Gasteiger partial charge in [-0.1, -0.05) is 19.9 Å². The molecule has 0 aliphatic rings. The molecule has 5 N–H and O–H groups in total. The molecule has 1 atom stereocenters. The van der Waals surface area contributed by atoms with E-state index in [9.17, 15) is 9.90 Å². The van der Waals surface area contributed by atoms with Gasteiger partial charge in [0, 0.05) is 11.3 Å². The zero-order valence-electron chi connectivity index (χ0n) is 17.1. The smallest absolute Gasteiger partial charge is 0.330 e. The molecule has 0 aromatic heterocycles. The van der Waals surface area contributed by atoms with Crippen LogP contribution in [-0.4, -0.2) is 30.1 Å². The third-order valence-corrected chi connectivity index (χ3v) is 4.31. The lowest BCUT2D eigenvalue weighted by atomic mass is 10.1. The van der Waals surface area contributed by atoms with Crippen LogP contribution in [0.5, 0.6) is 11.5 Å². The number of rotatable bonds is 11. The molecule has 7 heteroatoms. The maximum absolute atomic E-state index is 11.9. The van der Waals surface area contributed by atoms with Crippen LogP contribution in [0.4, 0.5) is 5.69 Å². The van der Waals surface area contributed by atoms with Crippen LogP contribution in [0.25, 0.3) is 0 Å². The van der Waals surface area contributed by atoms with Crippen LogP contribution in [-0.2, 0) is 4.79 Å². The topological polar surface area (TPSA) is 118 Å². The molecule has 0 radical (unpaired) electrons. The molecule has 2 aromatic carbocycles. The number of aliphatic carboxylic acids is 1. The third-order valence-electron chi connectivity index (χ3n) is 4.31. The average Bonchev–Trinajstić information content (AvgIpc) is 2.67. The molecule has 0 spiro atoms. The molecule has 0 heterocycles. The molecule has 0 bridgehead atoms. The Kier molecular flexibility index (Phi) is 7.88. The van der Waals surface area contributed by atoms with Gasteiger partial charge >= 0.3 is 5.97 Å². The highest BCUT2D eigenvalue weighted by Gasteiger charge is 2.22. The molecular formula is C22H29N3O4. The van der Waals surface area contributed by atoms with Crippen molar-refractivity contribution in [2.45, 2.75) is 33.2 Å². The van der Waals surface area contributed by atoms with Crippen molar-refractivity contribution in [3.8, 4) is 11.5 Å². The largest absolute Gasteiger partial charge is 0.490 e. The van der Waals surface area contributed by atoms with Gasteiger partial charge < -0.3 is 25.6 Å². The molecule has 7 nitrogen and oxygen atoms in total. The molecule has 2 rings (SSSR count). The van der Waals surface area contributed by atoms with Gasteiger partial charge in [0.1, 0.15) is 5.84 Å². The van der Waals surface area contributed by atoms with Crippen molar-refractivity contribution in [1.29, 1.82) is 5.41 Å². The van der Waals surface area contributed by atoms with Crippen LogP contribution in [0.3, 0.4) is 0 Å². The maximum Gasteiger partial charge on any atom is 0.330 e. The molecule has 0 saturated carbocycles. The van der Waals surface area contributed by atoms with Crippen molar-refractivity contribution < 1.29 is 19.4 Å². The zero-order chi connectivity index (χ0) is 21.4. The van der Waals surface area contributed by atoms with Gasteiger partial charge in [-0.25, -0.2) is 4.79 Å². The summed E-state index contributed by atoms with van der Waals surface area (Å²) in [6.07, 6.45) is 0.920. The van der Waals surface area contributed by atoms with E-state index in [-0.39, 0.29) is 5.84 Å². The lowest BCUT2D eigenvalue weighted by Crippen LogP contribution is -2.21. The Labute approximate surface area is 171 Å². The Morgan fingerprint density at radius 2 is 1.83 bits per heavy atom. The standard InChI is InChI=1S/C22H29N3O4/c1-4-28-19-13-16(7-10-18(19)29-12-11-14(2)3)20(22(26)27)25-17-8-5-15(6-9-17)21(23)24/h5-10,13-14,20,25H,4,11-12H2,1-3H3,(H3,23,24)(H,26,27). The summed E-state index contributed by atoms with van der Waals surface area (Å²) in [5.41, 5.74) is 7.19.